The van der Waals surface area contributed by atoms with Crippen molar-refractivity contribution < 1.29 is 0 Å². The molecule has 3 atom stereocenters. The Kier molecular flexibility index (Phi) is 6.54. The van der Waals surface area contributed by atoms with Crippen LogP contribution in [0.3, 0.4) is 0 Å². The zero-order valence-corrected chi connectivity index (χ0v) is 15.5. The van der Waals surface area contributed by atoms with Crippen molar-refractivity contribution in [2.45, 2.75) is 52.2 Å². The third kappa shape index (κ3) is 4.44. The van der Waals surface area contributed by atoms with Crippen molar-refractivity contribution >= 4 is 27.5 Å². The Morgan fingerprint density at radius 3 is 2.81 bits per heavy atom. The molecule has 3 unspecified atom stereocenters. The number of nitrogens with zero attached hydrogens (tertiary/aromatic N) is 1. The van der Waals surface area contributed by atoms with Crippen molar-refractivity contribution in [3.8, 4) is 0 Å². The van der Waals surface area contributed by atoms with Crippen LogP contribution in [0, 0.1) is 5.92 Å². The van der Waals surface area contributed by atoms with Crippen molar-refractivity contribution in [1.29, 1.82) is 0 Å². The van der Waals surface area contributed by atoms with Crippen LogP contribution in [0.4, 0.5) is 0 Å². The van der Waals surface area contributed by atoms with Gasteiger partial charge in [-0.05, 0) is 30.0 Å². The molecule has 0 spiro atoms. The summed E-state index contributed by atoms with van der Waals surface area (Å²) >= 11 is 9.87. The van der Waals surface area contributed by atoms with Gasteiger partial charge in [0.05, 0.1) is 0 Å². The molecule has 1 aliphatic rings. The summed E-state index contributed by atoms with van der Waals surface area (Å²) in [4.78, 5) is 2.60. The molecular weight excluding hydrogens is 348 g/mol. The predicted octanol–water partition coefficient (Wildman–Crippen LogP) is 4.70. The molecule has 0 aliphatic carbocycles. The van der Waals surface area contributed by atoms with Gasteiger partial charge in [-0.15, -0.1) is 0 Å². The first-order valence-corrected chi connectivity index (χ1v) is 9.13. The van der Waals surface area contributed by atoms with E-state index in [9.17, 15) is 0 Å². The van der Waals surface area contributed by atoms with Crippen molar-refractivity contribution in [2.75, 3.05) is 13.1 Å². The molecular formula is C17H26BrClN2. The maximum absolute atomic E-state index is 6.39. The largest absolute Gasteiger partial charge is 0.311 e. The summed E-state index contributed by atoms with van der Waals surface area (Å²) < 4.78 is 1.04. The number of rotatable bonds is 5. The van der Waals surface area contributed by atoms with Crippen LogP contribution in [0.5, 0.6) is 0 Å². The highest BCUT2D eigenvalue weighted by atomic mass is 79.9. The number of nitrogens with one attached hydrogen (secondary N) is 1. The first kappa shape index (κ1) is 17.3. The van der Waals surface area contributed by atoms with E-state index in [2.05, 4.69) is 59.1 Å². The summed E-state index contributed by atoms with van der Waals surface area (Å²) in [5.74, 6) is 0.714. The molecule has 0 aromatic heterocycles. The Balaban J connectivity index is 2.10. The van der Waals surface area contributed by atoms with Gasteiger partial charge in [-0.3, -0.25) is 4.90 Å². The molecule has 1 saturated heterocycles. The third-order valence-corrected chi connectivity index (χ3v) is 5.60. The molecule has 2 rings (SSSR count). The minimum absolute atomic E-state index is 0.590. The molecule has 1 aromatic rings. The molecule has 2 nitrogen and oxygen atoms in total. The van der Waals surface area contributed by atoms with E-state index in [1.165, 1.54) is 18.4 Å². The van der Waals surface area contributed by atoms with Gasteiger partial charge < -0.3 is 5.32 Å². The van der Waals surface area contributed by atoms with Gasteiger partial charge in [0.25, 0.3) is 0 Å². The quantitative estimate of drug-likeness (QED) is 0.804. The van der Waals surface area contributed by atoms with Gasteiger partial charge in [0.15, 0.2) is 0 Å². The summed E-state index contributed by atoms with van der Waals surface area (Å²) in [6, 6.07) is 7.40. The zero-order chi connectivity index (χ0) is 15.4. The van der Waals surface area contributed by atoms with Crippen LogP contribution in [0.1, 0.15) is 39.2 Å². The molecule has 0 bridgehead atoms. The third-order valence-electron chi connectivity index (χ3n) is 4.75. The van der Waals surface area contributed by atoms with E-state index >= 15 is 0 Å². The lowest BCUT2D eigenvalue weighted by atomic mass is 9.94. The Morgan fingerprint density at radius 2 is 2.19 bits per heavy atom. The molecule has 21 heavy (non-hydrogen) atoms. The van der Waals surface area contributed by atoms with Crippen molar-refractivity contribution in [3.63, 3.8) is 0 Å². The van der Waals surface area contributed by atoms with Crippen LogP contribution >= 0.6 is 27.5 Å². The van der Waals surface area contributed by atoms with E-state index in [1.807, 2.05) is 6.07 Å². The minimum atomic E-state index is 0.590. The summed E-state index contributed by atoms with van der Waals surface area (Å²) in [6.45, 7) is 10.0. The van der Waals surface area contributed by atoms with E-state index in [0.717, 1.165) is 29.1 Å². The Hall–Kier alpha value is -0.0900. The maximum atomic E-state index is 6.39. The summed E-state index contributed by atoms with van der Waals surface area (Å²) in [5, 5.41) is 4.59. The van der Waals surface area contributed by atoms with Crippen LogP contribution < -0.4 is 5.32 Å². The molecule has 118 valence electrons. The highest BCUT2D eigenvalue weighted by Gasteiger charge is 2.29. The molecule has 0 amide bonds. The molecule has 1 fully saturated rings. The van der Waals surface area contributed by atoms with Gasteiger partial charge in [0.2, 0.25) is 0 Å². The molecule has 1 heterocycles. The monoisotopic (exact) mass is 372 g/mol. The van der Waals surface area contributed by atoms with Crippen LogP contribution in [0.25, 0.3) is 0 Å². The highest BCUT2D eigenvalue weighted by molar-refractivity contribution is 9.10. The molecule has 1 N–H and O–H groups in total. The zero-order valence-electron chi connectivity index (χ0n) is 13.2. The number of benzene rings is 1. The Morgan fingerprint density at radius 1 is 1.43 bits per heavy atom. The summed E-state index contributed by atoms with van der Waals surface area (Å²) in [6.07, 6.45) is 2.40. The highest BCUT2D eigenvalue weighted by Crippen LogP contribution is 2.25. The van der Waals surface area contributed by atoms with E-state index in [4.69, 9.17) is 11.6 Å². The van der Waals surface area contributed by atoms with E-state index in [0.29, 0.717) is 18.0 Å². The van der Waals surface area contributed by atoms with Crippen LogP contribution in [-0.2, 0) is 6.54 Å². The van der Waals surface area contributed by atoms with E-state index in [-0.39, 0.29) is 0 Å². The van der Waals surface area contributed by atoms with Gasteiger partial charge in [0.1, 0.15) is 0 Å². The topological polar surface area (TPSA) is 15.3 Å². The molecule has 1 aromatic carbocycles. The number of hydrogen-bond donors (Lipinski definition) is 1. The Bertz CT molecular complexity index is 466. The lowest BCUT2D eigenvalue weighted by Gasteiger charge is -2.42. The smallest absolute Gasteiger partial charge is 0.0462 e. The van der Waals surface area contributed by atoms with Gasteiger partial charge >= 0.3 is 0 Å². The summed E-state index contributed by atoms with van der Waals surface area (Å²) in [7, 11) is 0. The van der Waals surface area contributed by atoms with E-state index in [1.54, 1.807) is 0 Å². The second-order valence-electron chi connectivity index (χ2n) is 6.13. The lowest BCUT2D eigenvalue weighted by molar-refractivity contribution is 0.0993. The molecule has 0 saturated carbocycles. The maximum Gasteiger partial charge on any atom is 0.0462 e. The van der Waals surface area contributed by atoms with Crippen LogP contribution in [0.15, 0.2) is 22.7 Å². The van der Waals surface area contributed by atoms with E-state index < -0.39 is 0 Å². The average Bonchev–Trinajstić information content (AvgIpc) is 2.49. The first-order valence-electron chi connectivity index (χ1n) is 7.96. The molecule has 0 radical (unpaired) electrons. The fraction of sp³-hybridized carbons (Fsp3) is 0.647. The van der Waals surface area contributed by atoms with Gasteiger partial charge in [-0.2, -0.15) is 0 Å². The predicted molar refractivity (Wildman–Crippen MR) is 94.9 cm³/mol. The van der Waals surface area contributed by atoms with Crippen LogP contribution in [0.2, 0.25) is 5.02 Å². The van der Waals surface area contributed by atoms with Gasteiger partial charge in [-0.1, -0.05) is 60.8 Å². The van der Waals surface area contributed by atoms with Crippen LogP contribution in [-0.4, -0.2) is 30.1 Å². The molecule has 4 heteroatoms. The minimum Gasteiger partial charge on any atom is -0.311 e. The standard InChI is InChI=1S/C17H26BrClN2/c1-4-12(3)17-11-21(15(5-2)9-20-17)10-13-6-7-14(18)8-16(13)19/h6-8,12,15,17,20H,4-5,9-11H2,1-3H3. The average molecular weight is 374 g/mol. The van der Waals surface area contributed by atoms with Gasteiger partial charge in [0, 0.05) is 41.2 Å². The number of halogens is 2. The Labute approximate surface area is 142 Å². The first-order chi connectivity index (χ1) is 10.0. The van der Waals surface area contributed by atoms with Crippen molar-refractivity contribution in [1.82, 2.24) is 10.2 Å². The second kappa shape index (κ2) is 7.96. The van der Waals surface area contributed by atoms with Gasteiger partial charge in [-0.25, -0.2) is 0 Å². The normalized spacial score (nSPS) is 25.0. The second-order valence-corrected chi connectivity index (χ2v) is 7.45. The SMILES string of the molecule is CCC(C)C1CN(Cc2ccc(Br)cc2Cl)C(CC)CN1. The van der Waals surface area contributed by atoms with Crippen molar-refractivity contribution in [2.24, 2.45) is 5.92 Å². The fourth-order valence-electron chi connectivity index (χ4n) is 3.01. The molecule has 1 aliphatic heterocycles. The lowest BCUT2D eigenvalue weighted by Crippen LogP contribution is -2.57. The fourth-order valence-corrected chi connectivity index (χ4v) is 3.75. The van der Waals surface area contributed by atoms with Crippen molar-refractivity contribution in [3.05, 3.63) is 33.3 Å². The number of hydrogen-bond acceptors (Lipinski definition) is 2. The number of piperazine rings is 1. The summed E-state index contributed by atoms with van der Waals surface area (Å²) in [5.41, 5.74) is 1.23.